The summed E-state index contributed by atoms with van der Waals surface area (Å²) in [6.45, 7) is 0. The highest BCUT2D eigenvalue weighted by Gasteiger charge is 2.18. The summed E-state index contributed by atoms with van der Waals surface area (Å²) in [7, 11) is 0. The molecule has 0 atom stereocenters. The SMILES string of the molecule is c1cc(-c2cccc3oc4ccccc4c23)cc(-n2c3ccccc3c3cc4c(cc32)sc2ccc3ccccc3c24)c1. The third-order valence-corrected chi connectivity index (χ3v) is 10.1. The van der Waals surface area contributed by atoms with Gasteiger partial charge in [-0.3, -0.25) is 0 Å². The van der Waals surface area contributed by atoms with E-state index in [4.69, 9.17) is 4.42 Å². The number of hydrogen-bond donors (Lipinski definition) is 0. The Morgan fingerprint density at radius 1 is 0.465 bits per heavy atom. The fourth-order valence-corrected chi connectivity index (χ4v) is 8.25. The average Bonchev–Trinajstić information content (AvgIpc) is 3.73. The molecule has 2 nitrogen and oxygen atoms in total. The van der Waals surface area contributed by atoms with Gasteiger partial charge in [-0.25, -0.2) is 0 Å². The predicted octanol–water partition coefficient (Wildman–Crippen LogP) is 11.9. The third-order valence-electron chi connectivity index (χ3n) is 8.97. The van der Waals surface area contributed by atoms with Crippen LogP contribution in [-0.4, -0.2) is 4.57 Å². The van der Waals surface area contributed by atoms with E-state index in [0.29, 0.717) is 0 Å². The van der Waals surface area contributed by atoms with E-state index in [1.165, 1.54) is 63.9 Å². The van der Waals surface area contributed by atoms with Gasteiger partial charge in [-0.1, -0.05) is 91.0 Å². The Bertz CT molecular complexity index is 2740. The molecule has 0 unspecified atom stereocenters. The average molecular weight is 566 g/mol. The Hall–Kier alpha value is -5.38. The van der Waals surface area contributed by atoms with Gasteiger partial charge >= 0.3 is 0 Å². The van der Waals surface area contributed by atoms with E-state index in [-0.39, 0.29) is 0 Å². The lowest BCUT2D eigenvalue weighted by Gasteiger charge is -2.11. The van der Waals surface area contributed by atoms with Crippen molar-refractivity contribution in [2.24, 2.45) is 0 Å². The van der Waals surface area contributed by atoms with Crippen molar-refractivity contribution >= 4 is 86.0 Å². The summed E-state index contributed by atoms with van der Waals surface area (Å²) in [5, 5.41) is 10.2. The minimum atomic E-state index is 0.917. The third kappa shape index (κ3) is 3.23. The first-order chi connectivity index (χ1) is 21.3. The van der Waals surface area contributed by atoms with E-state index in [2.05, 4.69) is 132 Å². The fourth-order valence-electron chi connectivity index (χ4n) is 7.11. The van der Waals surface area contributed by atoms with E-state index in [0.717, 1.165) is 27.6 Å². The molecule has 0 saturated carbocycles. The van der Waals surface area contributed by atoms with Crippen LogP contribution in [0.5, 0.6) is 0 Å². The van der Waals surface area contributed by atoms with Gasteiger partial charge in [0, 0.05) is 47.4 Å². The molecule has 43 heavy (non-hydrogen) atoms. The second-order valence-electron chi connectivity index (χ2n) is 11.3. The Labute approximate surface area is 250 Å². The molecule has 7 aromatic carbocycles. The molecule has 0 saturated heterocycles. The minimum Gasteiger partial charge on any atom is -0.456 e. The summed E-state index contributed by atoms with van der Waals surface area (Å²) in [5.74, 6) is 0. The molecule has 0 N–H and O–H groups in total. The van der Waals surface area contributed by atoms with Crippen molar-refractivity contribution in [1.29, 1.82) is 0 Å². The fraction of sp³-hybridized carbons (Fsp3) is 0. The molecule has 0 bridgehead atoms. The van der Waals surface area contributed by atoms with E-state index in [1.54, 1.807) is 0 Å². The highest BCUT2D eigenvalue weighted by molar-refractivity contribution is 7.26. The number of benzene rings is 7. The maximum absolute atomic E-state index is 6.22. The molecule has 0 fully saturated rings. The second kappa shape index (κ2) is 8.57. The molecule has 0 aliphatic rings. The van der Waals surface area contributed by atoms with Crippen molar-refractivity contribution in [2.45, 2.75) is 0 Å². The lowest BCUT2D eigenvalue weighted by atomic mass is 9.99. The molecule has 3 heterocycles. The first-order valence-corrected chi connectivity index (χ1v) is 15.4. The summed E-state index contributed by atoms with van der Waals surface area (Å²) < 4.78 is 11.3. The van der Waals surface area contributed by atoms with E-state index < -0.39 is 0 Å². The molecule has 0 aliphatic heterocycles. The number of furan rings is 1. The molecule has 10 aromatic rings. The predicted molar refractivity (Wildman–Crippen MR) is 184 cm³/mol. The molecule has 0 spiro atoms. The van der Waals surface area contributed by atoms with Gasteiger partial charge in [-0.15, -0.1) is 11.3 Å². The number of fused-ring (bicyclic) bond motifs is 11. The molecule has 0 radical (unpaired) electrons. The van der Waals surface area contributed by atoms with Gasteiger partial charge in [0.05, 0.1) is 11.0 Å². The van der Waals surface area contributed by atoms with Gasteiger partial charge in [0.1, 0.15) is 11.2 Å². The van der Waals surface area contributed by atoms with Crippen LogP contribution < -0.4 is 0 Å². The summed E-state index contributed by atoms with van der Waals surface area (Å²) in [6, 6.07) is 50.5. The highest BCUT2D eigenvalue weighted by atomic mass is 32.1. The monoisotopic (exact) mass is 565 g/mol. The Morgan fingerprint density at radius 3 is 2.21 bits per heavy atom. The quantitative estimate of drug-likeness (QED) is 0.204. The lowest BCUT2D eigenvalue weighted by Crippen LogP contribution is -1.94. The van der Waals surface area contributed by atoms with Crippen LogP contribution in [0, 0.1) is 0 Å². The maximum atomic E-state index is 6.22. The van der Waals surface area contributed by atoms with Crippen molar-refractivity contribution in [1.82, 2.24) is 4.57 Å². The zero-order chi connectivity index (χ0) is 28.1. The zero-order valence-corrected chi connectivity index (χ0v) is 23.9. The zero-order valence-electron chi connectivity index (χ0n) is 23.0. The first-order valence-electron chi connectivity index (χ1n) is 14.6. The molecule has 200 valence electrons. The van der Waals surface area contributed by atoms with Crippen molar-refractivity contribution in [3.63, 3.8) is 0 Å². The van der Waals surface area contributed by atoms with Gasteiger partial charge in [0.15, 0.2) is 0 Å². The topological polar surface area (TPSA) is 18.1 Å². The van der Waals surface area contributed by atoms with Crippen LogP contribution in [0.15, 0.2) is 144 Å². The minimum absolute atomic E-state index is 0.917. The van der Waals surface area contributed by atoms with Crippen LogP contribution in [0.1, 0.15) is 0 Å². The van der Waals surface area contributed by atoms with Crippen LogP contribution in [0.2, 0.25) is 0 Å². The Balaban J connectivity index is 1.26. The van der Waals surface area contributed by atoms with Gasteiger partial charge in [0.2, 0.25) is 0 Å². The lowest BCUT2D eigenvalue weighted by molar-refractivity contribution is 0.669. The van der Waals surface area contributed by atoms with Gasteiger partial charge in [-0.05, 0) is 70.4 Å². The van der Waals surface area contributed by atoms with Crippen molar-refractivity contribution in [3.8, 4) is 16.8 Å². The van der Waals surface area contributed by atoms with Crippen molar-refractivity contribution in [3.05, 3.63) is 140 Å². The van der Waals surface area contributed by atoms with E-state index in [9.17, 15) is 0 Å². The number of para-hydroxylation sites is 2. The number of hydrogen-bond acceptors (Lipinski definition) is 2. The molecular weight excluding hydrogens is 543 g/mol. The molecule has 0 aliphatic carbocycles. The second-order valence-corrected chi connectivity index (χ2v) is 12.4. The normalized spacial score (nSPS) is 12.2. The number of nitrogens with zero attached hydrogens (tertiary/aromatic N) is 1. The van der Waals surface area contributed by atoms with Crippen LogP contribution in [0.4, 0.5) is 0 Å². The van der Waals surface area contributed by atoms with Crippen LogP contribution >= 0.6 is 11.3 Å². The van der Waals surface area contributed by atoms with E-state index >= 15 is 0 Å². The molecule has 10 rings (SSSR count). The van der Waals surface area contributed by atoms with Crippen LogP contribution in [0.3, 0.4) is 0 Å². The molecule has 0 amide bonds. The number of aromatic nitrogens is 1. The highest BCUT2D eigenvalue weighted by Crippen LogP contribution is 2.43. The molecule has 3 heteroatoms. The number of thiophene rings is 1. The summed E-state index contributed by atoms with van der Waals surface area (Å²) in [5.41, 5.74) is 7.80. The maximum Gasteiger partial charge on any atom is 0.136 e. The Morgan fingerprint density at radius 2 is 1.26 bits per heavy atom. The molecule has 3 aromatic heterocycles. The van der Waals surface area contributed by atoms with Crippen molar-refractivity contribution < 1.29 is 4.42 Å². The van der Waals surface area contributed by atoms with E-state index in [1.807, 2.05) is 23.5 Å². The largest absolute Gasteiger partial charge is 0.456 e. The van der Waals surface area contributed by atoms with Gasteiger partial charge in [0.25, 0.3) is 0 Å². The molecular formula is C40H23NOS. The first kappa shape index (κ1) is 23.2. The van der Waals surface area contributed by atoms with Crippen LogP contribution in [-0.2, 0) is 0 Å². The smallest absolute Gasteiger partial charge is 0.136 e. The Kier molecular flexibility index (Phi) is 4.63. The summed E-state index contributed by atoms with van der Waals surface area (Å²) in [6.07, 6.45) is 0. The standard InChI is InChI=1S/C40H23NOS/c1-2-12-27-24(9-1)19-20-37-40(27)32-22-31-29-13-3-5-16-33(29)41(34(31)23-38(32)43-37)26-11-7-10-25(21-26)28-15-8-18-36-39(28)30-14-4-6-17-35(30)42-36/h1-23H. The van der Waals surface area contributed by atoms with Gasteiger partial charge in [-0.2, -0.15) is 0 Å². The summed E-state index contributed by atoms with van der Waals surface area (Å²) in [4.78, 5) is 0. The number of rotatable bonds is 2. The van der Waals surface area contributed by atoms with Crippen molar-refractivity contribution in [2.75, 3.05) is 0 Å². The summed E-state index contributed by atoms with van der Waals surface area (Å²) >= 11 is 1.88. The van der Waals surface area contributed by atoms with Gasteiger partial charge < -0.3 is 8.98 Å². The van der Waals surface area contributed by atoms with Crippen LogP contribution in [0.25, 0.3) is 91.5 Å².